The van der Waals surface area contributed by atoms with Crippen LogP contribution in [0.5, 0.6) is 0 Å². The maximum Gasteiger partial charge on any atom is 0.226 e. The van der Waals surface area contributed by atoms with Crippen molar-refractivity contribution in [3.8, 4) is 11.4 Å². The topological polar surface area (TPSA) is 90.1 Å². The van der Waals surface area contributed by atoms with Gasteiger partial charge >= 0.3 is 0 Å². The van der Waals surface area contributed by atoms with Crippen LogP contribution in [0.15, 0.2) is 29.0 Å². The van der Waals surface area contributed by atoms with Crippen LogP contribution in [0.25, 0.3) is 11.4 Å². The van der Waals surface area contributed by atoms with Gasteiger partial charge in [-0.05, 0) is 31.4 Å². The van der Waals surface area contributed by atoms with Gasteiger partial charge in [0.05, 0.1) is 6.10 Å². The first kappa shape index (κ1) is 15.3. The molecule has 1 saturated carbocycles. The minimum atomic E-state index is 0.0965. The number of hydrogen-bond donors (Lipinski definition) is 1. The third kappa shape index (κ3) is 3.17. The van der Waals surface area contributed by atoms with Crippen LogP contribution in [-0.4, -0.2) is 39.8 Å². The van der Waals surface area contributed by atoms with Crippen molar-refractivity contribution in [1.29, 1.82) is 0 Å². The molecule has 3 atom stereocenters. The Bertz CT molecular complexity index is 703. The second kappa shape index (κ2) is 6.68. The summed E-state index contributed by atoms with van der Waals surface area (Å²) in [7, 11) is 0. The molecule has 0 aromatic carbocycles. The minimum absolute atomic E-state index is 0.0965. The summed E-state index contributed by atoms with van der Waals surface area (Å²) in [5.41, 5.74) is 0.871. The van der Waals surface area contributed by atoms with E-state index in [2.05, 4.69) is 20.4 Å². The van der Waals surface area contributed by atoms with Gasteiger partial charge in [0.15, 0.2) is 0 Å². The molecule has 7 nitrogen and oxygen atoms in total. The van der Waals surface area contributed by atoms with Crippen LogP contribution in [0.2, 0.25) is 0 Å². The Hall–Kier alpha value is -2.28. The number of aryl methyl sites for hydroxylation is 1. The Morgan fingerprint density at radius 1 is 1.33 bits per heavy atom. The van der Waals surface area contributed by atoms with Crippen LogP contribution in [0.1, 0.15) is 31.6 Å². The quantitative estimate of drug-likeness (QED) is 0.869. The molecule has 2 aromatic rings. The molecule has 1 amide bonds. The van der Waals surface area contributed by atoms with Gasteiger partial charge in [0, 0.05) is 49.4 Å². The summed E-state index contributed by atoms with van der Waals surface area (Å²) < 4.78 is 10.8. The minimum Gasteiger partial charge on any atom is -0.378 e. The Balaban J connectivity index is 1.21. The van der Waals surface area contributed by atoms with Gasteiger partial charge in [0.1, 0.15) is 0 Å². The van der Waals surface area contributed by atoms with Crippen molar-refractivity contribution in [3.05, 3.63) is 30.4 Å². The van der Waals surface area contributed by atoms with Crippen molar-refractivity contribution in [1.82, 2.24) is 20.4 Å². The van der Waals surface area contributed by atoms with Crippen molar-refractivity contribution in [2.45, 2.75) is 44.2 Å². The smallest absolute Gasteiger partial charge is 0.226 e. The first-order valence-electron chi connectivity index (χ1n) is 8.43. The van der Waals surface area contributed by atoms with Crippen molar-refractivity contribution in [3.63, 3.8) is 0 Å². The molecule has 0 unspecified atom stereocenters. The number of amides is 1. The highest BCUT2D eigenvalue weighted by Gasteiger charge is 2.45. The third-order valence-electron chi connectivity index (χ3n) is 4.81. The zero-order valence-corrected chi connectivity index (χ0v) is 13.4. The molecule has 0 radical (unpaired) electrons. The molecule has 7 heteroatoms. The molecule has 1 aliphatic carbocycles. The second-order valence-corrected chi connectivity index (χ2v) is 6.37. The first-order valence-corrected chi connectivity index (χ1v) is 8.43. The maximum absolute atomic E-state index is 12.0. The van der Waals surface area contributed by atoms with Crippen molar-refractivity contribution in [2.75, 3.05) is 6.61 Å². The van der Waals surface area contributed by atoms with E-state index in [4.69, 9.17) is 9.26 Å². The van der Waals surface area contributed by atoms with E-state index < -0.39 is 0 Å². The van der Waals surface area contributed by atoms with Gasteiger partial charge in [-0.25, -0.2) is 0 Å². The number of carbonyl (C=O) groups is 1. The largest absolute Gasteiger partial charge is 0.378 e. The van der Waals surface area contributed by atoms with E-state index in [1.165, 1.54) is 0 Å². The number of nitrogens with one attached hydrogen (secondary N) is 1. The zero-order chi connectivity index (χ0) is 16.4. The zero-order valence-electron chi connectivity index (χ0n) is 13.4. The number of ether oxygens (including phenoxy) is 1. The van der Waals surface area contributed by atoms with E-state index in [-0.39, 0.29) is 5.91 Å². The van der Waals surface area contributed by atoms with Crippen LogP contribution in [0, 0.1) is 5.92 Å². The fraction of sp³-hybridized carbons (Fsp3) is 0.529. The van der Waals surface area contributed by atoms with Gasteiger partial charge in [0.25, 0.3) is 0 Å². The molecular formula is C17H20N4O3. The van der Waals surface area contributed by atoms with Crippen molar-refractivity contribution >= 4 is 5.91 Å². The Kier molecular flexibility index (Phi) is 4.25. The van der Waals surface area contributed by atoms with Gasteiger partial charge in [-0.1, -0.05) is 5.16 Å². The van der Waals surface area contributed by atoms with Gasteiger partial charge in [-0.15, -0.1) is 0 Å². The van der Waals surface area contributed by atoms with Crippen LogP contribution in [0.3, 0.4) is 0 Å². The number of rotatable bonds is 6. The normalized spacial score (nSPS) is 25.1. The lowest BCUT2D eigenvalue weighted by Crippen LogP contribution is -2.53. The number of fused-ring (bicyclic) bond motifs is 1. The SMILES string of the molecule is O=C(CCCc1nc(-c2ccncc2)no1)N[C@H]1C[C@@H]2OCC[C@H]12. The van der Waals surface area contributed by atoms with Crippen LogP contribution >= 0.6 is 0 Å². The first-order chi connectivity index (χ1) is 11.8. The van der Waals surface area contributed by atoms with Crippen molar-refractivity contribution in [2.24, 2.45) is 5.92 Å². The molecule has 3 heterocycles. The third-order valence-corrected chi connectivity index (χ3v) is 4.81. The lowest BCUT2D eigenvalue weighted by Gasteiger charge is -2.39. The molecule has 4 rings (SSSR count). The monoisotopic (exact) mass is 328 g/mol. The number of nitrogens with zero attached hydrogens (tertiary/aromatic N) is 3. The molecule has 2 aromatic heterocycles. The molecule has 1 aliphatic heterocycles. The van der Waals surface area contributed by atoms with Gasteiger partial charge in [-0.2, -0.15) is 4.98 Å². The molecule has 2 fully saturated rings. The van der Waals surface area contributed by atoms with Crippen LogP contribution < -0.4 is 5.32 Å². The van der Waals surface area contributed by atoms with E-state index in [1.807, 2.05) is 12.1 Å². The fourth-order valence-electron chi connectivity index (χ4n) is 3.42. The summed E-state index contributed by atoms with van der Waals surface area (Å²) in [5, 5.41) is 7.08. The van der Waals surface area contributed by atoms with Crippen LogP contribution in [-0.2, 0) is 16.0 Å². The maximum atomic E-state index is 12.0. The van der Waals surface area contributed by atoms with Gasteiger partial charge in [-0.3, -0.25) is 9.78 Å². The van der Waals surface area contributed by atoms with E-state index in [0.29, 0.717) is 49.0 Å². The Labute approximate surface area is 139 Å². The van der Waals surface area contributed by atoms with E-state index in [0.717, 1.165) is 25.0 Å². The molecule has 126 valence electrons. The molecule has 1 N–H and O–H groups in total. The van der Waals surface area contributed by atoms with E-state index >= 15 is 0 Å². The highest BCUT2D eigenvalue weighted by atomic mass is 16.5. The highest BCUT2D eigenvalue weighted by Crippen LogP contribution is 2.38. The number of pyridine rings is 1. The van der Waals surface area contributed by atoms with Crippen molar-refractivity contribution < 1.29 is 14.1 Å². The average Bonchev–Trinajstić information content (AvgIpc) is 3.20. The fourth-order valence-corrected chi connectivity index (χ4v) is 3.42. The van der Waals surface area contributed by atoms with Crippen LogP contribution in [0.4, 0.5) is 0 Å². The molecule has 1 saturated heterocycles. The summed E-state index contributed by atoms with van der Waals surface area (Å²) in [4.78, 5) is 20.3. The number of hydrogen-bond acceptors (Lipinski definition) is 6. The predicted molar refractivity (Wildman–Crippen MR) is 84.9 cm³/mol. The summed E-state index contributed by atoms with van der Waals surface area (Å²) >= 11 is 0. The summed E-state index contributed by atoms with van der Waals surface area (Å²) in [6.45, 7) is 0.832. The predicted octanol–water partition coefficient (Wildman–Crippen LogP) is 1.75. The Morgan fingerprint density at radius 3 is 3.04 bits per heavy atom. The standard InChI is InChI=1S/C17H20N4O3/c22-15(19-13-10-14-12(13)6-9-23-14)2-1-3-16-20-17(21-24-16)11-4-7-18-8-5-11/h4-5,7-8,12-14H,1-3,6,9-10H2,(H,19,22)/t12-,13+,14+/m1/s1. The highest BCUT2D eigenvalue weighted by molar-refractivity contribution is 5.76. The number of aromatic nitrogens is 3. The molecule has 2 aliphatic rings. The lowest BCUT2D eigenvalue weighted by atomic mass is 9.76. The van der Waals surface area contributed by atoms with E-state index in [9.17, 15) is 4.79 Å². The molecule has 24 heavy (non-hydrogen) atoms. The van der Waals surface area contributed by atoms with E-state index in [1.54, 1.807) is 12.4 Å². The summed E-state index contributed by atoms with van der Waals surface area (Å²) in [5.74, 6) is 1.73. The Morgan fingerprint density at radius 2 is 2.21 bits per heavy atom. The van der Waals surface area contributed by atoms with Gasteiger partial charge in [0.2, 0.25) is 17.6 Å². The molecular weight excluding hydrogens is 308 g/mol. The molecule has 0 spiro atoms. The van der Waals surface area contributed by atoms with Gasteiger partial charge < -0.3 is 14.6 Å². The second-order valence-electron chi connectivity index (χ2n) is 6.37. The average molecular weight is 328 g/mol. The number of carbonyl (C=O) groups excluding carboxylic acids is 1. The lowest BCUT2D eigenvalue weighted by molar-refractivity contribution is -0.124. The summed E-state index contributed by atoms with van der Waals surface area (Å²) in [6, 6.07) is 3.97. The molecule has 0 bridgehead atoms. The summed E-state index contributed by atoms with van der Waals surface area (Å²) in [6.07, 6.45) is 7.55.